The third-order valence-corrected chi connectivity index (χ3v) is 2.27. The Morgan fingerprint density at radius 3 is 2.87 bits per heavy atom. The Hall–Kier alpha value is -1.29. The lowest BCUT2D eigenvalue weighted by molar-refractivity contribution is -0.384. The third kappa shape index (κ3) is 3.09. The molecule has 0 saturated carbocycles. The second kappa shape index (κ2) is 5.56. The van der Waals surface area contributed by atoms with E-state index in [1.54, 1.807) is 12.1 Å². The standard InChI is InChI=1S/C10H12ClNO3/c1-2-3-7-15-9-6-4-5-8(10(9)11)12(13)14/h4-6H,2-3,7H2,1H3. The Kier molecular flexibility index (Phi) is 4.37. The lowest BCUT2D eigenvalue weighted by atomic mass is 10.3. The second-order valence-electron chi connectivity index (χ2n) is 3.05. The quantitative estimate of drug-likeness (QED) is 0.442. The molecular weight excluding hydrogens is 218 g/mol. The Morgan fingerprint density at radius 2 is 2.27 bits per heavy atom. The van der Waals surface area contributed by atoms with Crippen LogP contribution in [0.25, 0.3) is 0 Å². The van der Waals surface area contributed by atoms with Crippen LogP contribution in [0.3, 0.4) is 0 Å². The fourth-order valence-corrected chi connectivity index (χ4v) is 1.33. The number of nitrogens with zero attached hydrogens (tertiary/aromatic N) is 1. The smallest absolute Gasteiger partial charge is 0.291 e. The van der Waals surface area contributed by atoms with Gasteiger partial charge in [-0.15, -0.1) is 0 Å². The average Bonchev–Trinajstić information content (AvgIpc) is 2.20. The monoisotopic (exact) mass is 229 g/mol. The predicted octanol–water partition coefficient (Wildman–Crippen LogP) is 3.43. The molecule has 0 aliphatic rings. The molecule has 1 rings (SSSR count). The highest BCUT2D eigenvalue weighted by molar-refractivity contribution is 6.34. The molecule has 1 aromatic rings. The van der Waals surface area contributed by atoms with Gasteiger partial charge in [-0.25, -0.2) is 0 Å². The van der Waals surface area contributed by atoms with E-state index in [0.717, 1.165) is 12.8 Å². The first-order chi connectivity index (χ1) is 7.16. The van der Waals surface area contributed by atoms with Crippen LogP contribution in [0, 0.1) is 10.1 Å². The molecule has 4 nitrogen and oxygen atoms in total. The number of benzene rings is 1. The van der Waals surface area contributed by atoms with Gasteiger partial charge < -0.3 is 4.74 Å². The van der Waals surface area contributed by atoms with E-state index in [1.807, 2.05) is 6.92 Å². The van der Waals surface area contributed by atoms with Crippen molar-refractivity contribution in [3.05, 3.63) is 33.3 Å². The van der Waals surface area contributed by atoms with Crippen LogP contribution in [0.15, 0.2) is 18.2 Å². The molecular formula is C10H12ClNO3. The van der Waals surface area contributed by atoms with Gasteiger partial charge in [0.05, 0.1) is 11.5 Å². The van der Waals surface area contributed by atoms with Crippen molar-refractivity contribution in [2.45, 2.75) is 19.8 Å². The number of nitro benzene ring substituents is 1. The van der Waals surface area contributed by atoms with E-state index in [0.29, 0.717) is 12.4 Å². The number of hydrogen-bond donors (Lipinski definition) is 0. The van der Waals surface area contributed by atoms with Crippen LogP contribution in [0.5, 0.6) is 5.75 Å². The zero-order chi connectivity index (χ0) is 11.3. The molecule has 0 atom stereocenters. The van der Waals surface area contributed by atoms with Crippen molar-refractivity contribution in [2.24, 2.45) is 0 Å². The van der Waals surface area contributed by atoms with Crippen molar-refractivity contribution in [1.82, 2.24) is 0 Å². The minimum atomic E-state index is -0.519. The molecule has 0 bridgehead atoms. The summed E-state index contributed by atoms with van der Waals surface area (Å²) in [5, 5.41) is 10.6. The summed E-state index contributed by atoms with van der Waals surface area (Å²) in [6.45, 7) is 2.57. The minimum absolute atomic E-state index is 0.0682. The molecule has 0 aliphatic heterocycles. The van der Waals surface area contributed by atoms with Crippen LogP contribution in [-0.2, 0) is 0 Å². The Labute approximate surface area is 93.0 Å². The van der Waals surface area contributed by atoms with E-state index in [1.165, 1.54) is 6.07 Å². The number of halogens is 1. The molecule has 15 heavy (non-hydrogen) atoms. The molecule has 0 aromatic heterocycles. The van der Waals surface area contributed by atoms with Crippen molar-refractivity contribution in [3.8, 4) is 5.75 Å². The van der Waals surface area contributed by atoms with Crippen molar-refractivity contribution in [2.75, 3.05) is 6.61 Å². The number of rotatable bonds is 5. The maximum Gasteiger partial charge on any atom is 0.291 e. The summed E-state index contributed by atoms with van der Waals surface area (Å²) in [5.41, 5.74) is -0.120. The van der Waals surface area contributed by atoms with E-state index < -0.39 is 4.92 Å². The molecule has 0 saturated heterocycles. The molecule has 0 heterocycles. The van der Waals surface area contributed by atoms with Crippen LogP contribution in [-0.4, -0.2) is 11.5 Å². The van der Waals surface area contributed by atoms with Gasteiger partial charge in [-0.3, -0.25) is 10.1 Å². The number of nitro groups is 1. The average molecular weight is 230 g/mol. The molecule has 0 fully saturated rings. The number of ether oxygens (including phenoxy) is 1. The fourth-order valence-electron chi connectivity index (χ4n) is 1.08. The van der Waals surface area contributed by atoms with Crippen LogP contribution in [0.1, 0.15) is 19.8 Å². The first-order valence-corrected chi connectivity index (χ1v) is 5.10. The summed E-state index contributed by atoms with van der Waals surface area (Å²) >= 11 is 5.82. The number of unbranched alkanes of at least 4 members (excludes halogenated alkanes) is 1. The normalized spacial score (nSPS) is 10.0. The van der Waals surface area contributed by atoms with Gasteiger partial charge in [-0.2, -0.15) is 0 Å². The Balaban J connectivity index is 2.80. The number of hydrogen-bond acceptors (Lipinski definition) is 3. The Morgan fingerprint density at radius 1 is 1.53 bits per heavy atom. The van der Waals surface area contributed by atoms with E-state index >= 15 is 0 Å². The summed E-state index contributed by atoms with van der Waals surface area (Å²) in [4.78, 5) is 10.1. The summed E-state index contributed by atoms with van der Waals surface area (Å²) in [5.74, 6) is 0.374. The highest BCUT2D eigenvalue weighted by Gasteiger charge is 2.15. The summed E-state index contributed by atoms with van der Waals surface area (Å²) in [6, 6.07) is 4.55. The van der Waals surface area contributed by atoms with Crippen LogP contribution in [0.2, 0.25) is 5.02 Å². The van der Waals surface area contributed by atoms with Crippen molar-refractivity contribution < 1.29 is 9.66 Å². The lowest BCUT2D eigenvalue weighted by Crippen LogP contribution is -1.98. The lowest BCUT2D eigenvalue weighted by Gasteiger charge is -2.06. The highest BCUT2D eigenvalue weighted by atomic mass is 35.5. The van der Waals surface area contributed by atoms with Gasteiger partial charge in [0.1, 0.15) is 5.75 Å². The van der Waals surface area contributed by atoms with Crippen molar-refractivity contribution in [3.63, 3.8) is 0 Å². The molecule has 0 amide bonds. The zero-order valence-corrected chi connectivity index (χ0v) is 9.16. The summed E-state index contributed by atoms with van der Waals surface area (Å²) < 4.78 is 5.33. The predicted molar refractivity (Wildman–Crippen MR) is 58.5 cm³/mol. The van der Waals surface area contributed by atoms with E-state index in [4.69, 9.17) is 16.3 Å². The van der Waals surface area contributed by atoms with E-state index in [-0.39, 0.29) is 10.7 Å². The van der Waals surface area contributed by atoms with E-state index in [2.05, 4.69) is 0 Å². The fraction of sp³-hybridized carbons (Fsp3) is 0.400. The minimum Gasteiger partial charge on any atom is -0.492 e. The van der Waals surface area contributed by atoms with Gasteiger partial charge in [0.25, 0.3) is 5.69 Å². The van der Waals surface area contributed by atoms with Crippen LogP contribution in [0.4, 0.5) is 5.69 Å². The molecule has 1 aromatic carbocycles. The first kappa shape index (κ1) is 11.8. The maximum atomic E-state index is 10.6. The maximum absolute atomic E-state index is 10.6. The van der Waals surface area contributed by atoms with Crippen LogP contribution < -0.4 is 4.74 Å². The molecule has 5 heteroatoms. The molecule has 0 unspecified atom stereocenters. The molecule has 0 radical (unpaired) electrons. The Bertz CT molecular complexity index is 355. The van der Waals surface area contributed by atoms with Gasteiger partial charge in [0.2, 0.25) is 0 Å². The van der Waals surface area contributed by atoms with Gasteiger partial charge >= 0.3 is 0 Å². The summed E-state index contributed by atoms with van der Waals surface area (Å²) in [7, 11) is 0. The highest BCUT2D eigenvalue weighted by Crippen LogP contribution is 2.33. The van der Waals surface area contributed by atoms with Gasteiger partial charge in [0, 0.05) is 6.07 Å². The second-order valence-corrected chi connectivity index (χ2v) is 3.43. The SMILES string of the molecule is CCCCOc1cccc([N+](=O)[O-])c1Cl. The molecule has 0 spiro atoms. The third-order valence-electron chi connectivity index (χ3n) is 1.90. The van der Waals surface area contributed by atoms with Crippen LogP contribution >= 0.6 is 11.6 Å². The van der Waals surface area contributed by atoms with E-state index in [9.17, 15) is 10.1 Å². The molecule has 0 N–H and O–H groups in total. The topological polar surface area (TPSA) is 52.4 Å². The van der Waals surface area contributed by atoms with Gasteiger partial charge in [-0.05, 0) is 12.5 Å². The van der Waals surface area contributed by atoms with Crippen molar-refractivity contribution >= 4 is 17.3 Å². The van der Waals surface area contributed by atoms with Gasteiger partial charge in [0.15, 0.2) is 5.02 Å². The largest absolute Gasteiger partial charge is 0.492 e. The zero-order valence-electron chi connectivity index (χ0n) is 8.40. The summed E-state index contributed by atoms with van der Waals surface area (Å²) in [6.07, 6.45) is 1.91. The first-order valence-electron chi connectivity index (χ1n) is 4.72. The molecule has 0 aliphatic carbocycles. The van der Waals surface area contributed by atoms with Crippen molar-refractivity contribution in [1.29, 1.82) is 0 Å². The molecule has 82 valence electrons. The van der Waals surface area contributed by atoms with Gasteiger partial charge in [-0.1, -0.05) is 31.0 Å².